The van der Waals surface area contributed by atoms with Crippen molar-refractivity contribution in [3.05, 3.63) is 35.6 Å². The Balaban J connectivity index is 1.90. The van der Waals surface area contributed by atoms with E-state index in [0.29, 0.717) is 12.5 Å². The summed E-state index contributed by atoms with van der Waals surface area (Å²) in [5.74, 6) is -0.0446. The SMILES string of the molecule is CN(CCC1CCNC1)C(=O)c1ccccc1F. The highest BCUT2D eigenvalue weighted by Crippen LogP contribution is 2.14. The summed E-state index contributed by atoms with van der Waals surface area (Å²) in [5.41, 5.74) is 0.157. The van der Waals surface area contributed by atoms with Crippen molar-refractivity contribution in [1.82, 2.24) is 10.2 Å². The molecular weight excluding hydrogens is 231 g/mol. The number of nitrogens with zero attached hydrogens (tertiary/aromatic N) is 1. The fourth-order valence-electron chi connectivity index (χ4n) is 2.28. The molecule has 0 radical (unpaired) electrons. The zero-order valence-electron chi connectivity index (χ0n) is 10.7. The number of nitrogens with one attached hydrogen (secondary N) is 1. The van der Waals surface area contributed by atoms with Crippen LogP contribution >= 0.6 is 0 Å². The van der Waals surface area contributed by atoms with Crippen molar-refractivity contribution in [3.8, 4) is 0 Å². The van der Waals surface area contributed by atoms with Crippen LogP contribution in [-0.4, -0.2) is 37.5 Å². The smallest absolute Gasteiger partial charge is 0.256 e. The van der Waals surface area contributed by atoms with Crippen LogP contribution in [0, 0.1) is 11.7 Å². The summed E-state index contributed by atoms with van der Waals surface area (Å²) >= 11 is 0. The number of carbonyl (C=O) groups is 1. The fourth-order valence-corrected chi connectivity index (χ4v) is 2.28. The third-order valence-electron chi connectivity index (χ3n) is 3.49. The number of amides is 1. The monoisotopic (exact) mass is 250 g/mol. The normalized spacial score (nSPS) is 18.9. The summed E-state index contributed by atoms with van der Waals surface area (Å²) in [4.78, 5) is 13.6. The Kier molecular flexibility index (Phi) is 4.31. The van der Waals surface area contributed by atoms with Crippen LogP contribution in [-0.2, 0) is 0 Å². The Hall–Kier alpha value is -1.42. The van der Waals surface area contributed by atoms with Gasteiger partial charge in [0.15, 0.2) is 0 Å². The first-order valence-corrected chi connectivity index (χ1v) is 6.39. The van der Waals surface area contributed by atoms with Crippen LogP contribution in [0.5, 0.6) is 0 Å². The third-order valence-corrected chi connectivity index (χ3v) is 3.49. The maximum atomic E-state index is 13.5. The minimum atomic E-state index is -0.447. The Labute approximate surface area is 107 Å². The van der Waals surface area contributed by atoms with Gasteiger partial charge in [0.2, 0.25) is 0 Å². The number of benzene rings is 1. The van der Waals surface area contributed by atoms with Gasteiger partial charge in [-0.25, -0.2) is 4.39 Å². The number of hydrogen-bond acceptors (Lipinski definition) is 2. The van der Waals surface area contributed by atoms with Gasteiger partial charge in [-0.15, -0.1) is 0 Å². The zero-order chi connectivity index (χ0) is 13.0. The van der Waals surface area contributed by atoms with E-state index in [1.807, 2.05) is 0 Å². The summed E-state index contributed by atoms with van der Waals surface area (Å²) in [5, 5.41) is 3.30. The minimum absolute atomic E-state index is 0.157. The van der Waals surface area contributed by atoms with Crippen LogP contribution in [0.2, 0.25) is 0 Å². The van der Waals surface area contributed by atoms with E-state index >= 15 is 0 Å². The fraction of sp³-hybridized carbons (Fsp3) is 0.500. The lowest BCUT2D eigenvalue weighted by Crippen LogP contribution is -2.29. The number of hydrogen-bond donors (Lipinski definition) is 1. The Morgan fingerprint density at radius 1 is 1.50 bits per heavy atom. The summed E-state index contributed by atoms with van der Waals surface area (Å²) < 4.78 is 13.5. The molecule has 1 heterocycles. The number of carbonyl (C=O) groups excluding carboxylic acids is 1. The molecule has 2 rings (SSSR count). The first-order chi connectivity index (χ1) is 8.68. The van der Waals surface area contributed by atoms with E-state index in [4.69, 9.17) is 0 Å². The van der Waals surface area contributed by atoms with E-state index in [1.165, 1.54) is 18.6 Å². The Morgan fingerprint density at radius 2 is 2.28 bits per heavy atom. The molecule has 3 nitrogen and oxygen atoms in total. The Bertz CT molecular complexity index is 416. The molecule has 18 heavy (non-hydrogen) atoms. The first-order valence-electron chi connectivity index (χ1n) is 6.39. The molecule has 1 fully saturated rings. The second-order valence-corrected chi connectivity index (χ2v) is 4.85. The lowest BCUT2D eigenvalue weighted by Gasteiger charge is -2.19. The zero-order valence-corrected chi connectivity index (χ0v) is 10.7. The maximum absolute atomic E-state index is 13.5. The molecule has 0 aliphatic carbocycles. The van der Waals surface area contributed by atoms with E-state index in [-0.39, 0.29) is 11.5 Å². The van der Waals surface area contributed by atoms with E-state index < -0.39 is 5.82 Å². The van der Waals surface area contributed by atoms with Crippen molar-refractivity contribution in [2.45, 2.75) is 12.8 Å². The molecule has 4 heteroatoms. The van der Waals surface area contributed by atoms with Gasteiger partial charge in [-0.05, 0) is 44.0 Å². The average molecular weight is 250 g/mol. The summed E-state index contributed by atoms with van der Waals surface area (Å²) in [6.07, 6.45) is 2.14. The maximum Gasteiger partial charge on any atom is 0.256 e. The van der Waals surface area contributed by atoms with E-state index in [2.05, 4.69) is 5.32 Å². The van der Waals surface area contributed by atoms with Gasteiger partial charge < -0.3 is 10.2 Å². The topological polar surface area (TPSA) is 32.3 Å². The molecule has 1 saturated heterocycles. The van der Waals surface area contributed by atoms with Gasteiger partial charge in [0.05, 0.1) is 5.56 Å². The van der Waals surface area contributed by atoms with Crippen molar-refractivity contribution in [1.29, 1.82) is 0 Å². The first kappa shape index (κ1) is 13.0. The van der Waals surface area contributed by atoms with Gasteiger partial charge in [0.1, 0.15) is 5.82 Å². The van der Waals surface area contributed by atoms with Gasteiger partial charge in [0, 0.05) is 13.6 Å². The molecule has 1 aromatic carbocycles. The van der Waals surface area contributed by atoms with Crippen molar-refractivity contribution >= 4 is 5.91 Å². The molecule has 0 saturated carbocycles. The highest BCUT2D eigenvalue weighted by molar-refractivity contribution is 5.94. The van der Waals surface area contributed by atoms with Crippen LogP contribution in [0.15, 0.2) is 24.3 Å². The quantitative estimate of drug-likeness (QED) is 0.885. The van der Waals surface area contributed by atoms with Gasteiger partial charge in [0.25, 0.3) is 5.91 Å². The lowest BCUT2D eigenvalue weighted by molar-refractivity contribution is 0.0783. The molecule has 1 amide bonds. The molecule has 0 aromatic heterocycles. The van der Waals surface area contributed by atoms with Crippen molar-refractivity contribution in [2.24, 2.45) is 5.92 Å². The molecule has 0 bridgehead atoms. The largest absolute Gasteiger partial charge is 0.342 e. The molecule has 1 aliphatic heterocycles. The molecule has 1 unspecified atom stereocenters. The Morgan fingerprint density at radius 3 is 2.94 bits per heavy atom. The van der Waals surface area contributed by atoms with Gasteiger partial charge >= 0.3 is 0 Å². The number of rotatable bonds is 4. The molecule has 1 aromatic rings. The molecule has 1 aliphatic rings. The molecule has 1 atom stereocenters. The summed E-state index contributed by atoms with van der Waals surface area (Å²) in [7, 11) is 1.73. The van der Waals surface area contributed by atoms with Gasteiger partial charge in [-0.1, -0.05) is 12.1 Å². The van der Waals surface area contributed by atoms with Gasteiger partial charge in [-0.3, -0.25) is 4.79 Å². The minimum Gasteiger partial charge on any atom is -0.342 e. The highest BCUT2D eigenvalue weighted by atomic mass is 19.1. The van der Waals surface area contributed by atoms with Crippen molar-refractivity contribution in [3.63, 3.8) is 0 Å². The predicted octanol–water partition coefficient (Wildman–Crippen LogP) is 1.90. The van der Waals surface area contributed by atoms with Crippen LogP contribution in [0.4, 0.5) is 4.39 Å². The third kappa shape index (κ3) is 3.07. The predicted molar refractivity (Wildman–Crippen MR) is 69.0 cm³/mol. The molecule has 1 N–H and O–H groups in total. The van der Waals surface area contributed by atoms with E-state index in [0.717, 1.165) is 19.5 Å². The van der Waals surface area contributed by atoms with Crippen LogP contribution < -0.4 is 5.32 Å². The van der Waals surface area contributed by atoms with Crippen molar-refractivity contribution in [2.75, 3.05) is 26.7 Å². The van der Waals surface area contributed by atoms with E-state index in [1.54, 1.807) is 24.1 Å². The van der Waals surface area contributed by atoms with Crippen LogP contribution in [0.25, 0.3) is 0 Å². The van der Waals surface area contributed by atoms with Crippen molar-refractivity contribution < 1.29 is 9.18 Å². The molecule has 98 valence electrons. The molecule has 0 spiro atoms. The van der Waals surface area contributed by atoms with Crippen LogP contribution in [0.1, 0.15) is 23.2 Å². The standard InChI is InChI=1S/C14H19FN2O/c1-17(9-7-11-6-8-16-10-11)14(18)12-4-2-3-5-13(12)15/h2-5,11,16H,6-10H2,1H3. The number of halogens is 1. The highest BCUT2D eigenvalue weighted by Gasteiger charge is 2.18. The molecular formula is C14H19FN2O. The summed E-state index contributed by atoms with van der Waals surface area (Å²) in [6.45, 7) is 2.77. The second kappa shape index (κ2) is 5.96. The second-order valence-electron chi connectivity index (χ2n) is 4.85. The van der Waals surface area contributed by atoms with E-state index in [9.17, 15) is 9.18 Å². The van der Waals surface area contributed by atoms with Crippen LogP contribution in [0.3, 0.4) is 0 Å². The van der Waals surface area contributed by atoms with Gasteiger partial charge in [-0.2, -0.15) is 0 Å². The summed E-state index contributed by atoms with van der Waals surface area (Å²) in [6, 6.07) is 6.13. The average Bonchev–Trinajstić information content (AvgIpc) is 2.89. The lowest BCUT2D eigenvalue weighted by atomic mass is 10.0.